The zero-order chi connectivity index (χ0) is 12.3. The van der Waals surface area contributed by atoms with E-state index in [4.69, 9.17) is 5.73 Å². The first-order valence-corrected chi connectivity index (χ1v) is 6.90. The summed E-state index contributed by atoms with van der Waals surface area (Å²) in [6.07, 6.45) is 1.91. The van der Waals surface area contributed by atoms with Crippen molar-refractivity contribution in [2.24, 2.45) is 11.7 Å². The molecule has 0 amide bonds. The molecule has 0 spiro atoms. The predicted molar refractivity (Wildman–Crippen MR) is 75.2 cm³/mol. The second-order valence-electron chi connectivity index (χ2n) is 4.54. The molecule has 2 aromatic rings. The quantitative estimate of drug-likeness (QED) is 0.840. The lowest BCUT2D eigenvalue weighted by atomic mass is 10.1. The van der Waals surface area contributed by atoms with Gasteiger partial charge in [-0.1, -0.05) is 32.0 Å². The summed E-state index contributed by atoms with van der Waals surface area (Å²) in [5.74, 6) is 1.79. The van der Waals surface area contributed by atoms with Crippen LogP contribution in [-0.2, 0) is 6.54 Å². The van der Waals surface area contributed by atoms with Crippen molar-refractivity contribution in [1.82, 2.24) is 4.98 Å². The Morgan fingerprint density at radius 2 is 2.06 bits per heavy atom. The second kappa shape index (κ2) is 5.52. The fourth-order valence-electron chi connectivity index (χ4n) is 1.72. The average Bonchev–Trinajstić information content (AvgIpc) is 2.35. The number of benzene rings is 1. The molecule has 0 aliphatic heterocycles. The highest BCUT2D eigenvalue weighted by molar-refractivity contribution is 7.99. The van der Waals surface area contributed by atoms with Crippen LogP contribution in [-0.4, -0.2) is 10.7 Å². The third kappa shape index (κ3) is 2.79. The molecule has 0 fully saturated rings. The van der Waals surface area contributed by atoms with Crippen LogP contribution in [0.1, 0.15) is 19.4 Å². The number of nitrogens with zero attached hydrogens (tertiary/aromatic N) is 1. The fraction of sp³-hybridized carbons (Fsp3) is 0.357. The minimum Gasteiger partial charge on any atom is -0.326 e. The van der Waals surface area contributed by atoms with Gasteiger partial charge in [-0.15, -0.1) is 11.8 Å². The molecule has 1 aromatic carbocycles. The van der Waals surface area contributed by atoms with Crippen LogP contribution in [0, 0.1) is 5.92 Å². The predicted octanol–water partition coefficient (Wildman–Crippen LogP) is 3.44. The molecule has 0 atom stereocenters. The van der Waals surface area contributed by atoms with E-state index in [9.17, 15) is 0 Å². The van der Waals surface area contributed by atoms with Gasteiger partial charge in [0, 0.05) is 28.8 Å². The molecule has 0 radical (unpaired) electrons. The molecule has 0 aliphatic rings. The van der Waals surface area contributed by atoms with Crippen LogP contribution in [0.3, 0.4) is 0 Å². The molecule has 0 bridgehead atoms. The summed E-state index contributed by atoms with van der Waals surface area (Å²) in [5.41, 5.74) is 7.99. The van der Waals surface area contributed by atoms with E-state index in [0.29, 0.717) is 12.5 Å². The third-order valence-electron chi connectivity index (χ3n) is 2.58. The Morgan fingerprint density at radius 3 is 2.76 bits per heavy atom. The van der Waals surface area contributed by atoms with Gasteiger partial charge >= 0.3 is 0 Å². The van der Waals surface area contributed by atoms with Crippen LogP contribution in [0.2, 0.25) is 0 Å². The summed E-state index contributed by atoms with van der Waals surface area (Å²) in [4.78, 5) is 5.74. The maximum atomic E-state index is 5.79. The van der Waals surface area contributed by atoms with Crippen LogP contribution in [0.15, 0.2) is 35.4 Å². The summed E-state index contributed by atoms with van der Waals surface area (Å²) in [6.45, 7) is 5.02. The maximum absolute atomic E-state index is 5.79. The van der Waals surface area contributed by atoms with Gasteiger partial charge in [-0.25, -0.2) is 0 Å². The molecule has 2 nitrogen and oxygen atoms in total. The number of hydrogen-bond acceptors (Lipinski definition) is 3. The van der Waals surface area contributed by atoms with E-state index >= 15 is 0 Å². The van der Waals surface area contributed by atoms with Crippen molar-refractivity contribution in [2.75, 3.05) is 5.75 Å². The van der Waals surface area contributed by atoms with Gasteiger partial charge in [0.15, 0.2) is 0 Å². The molecule has 1 aromatic heterocycles. The van der Waals surface area contributed by atoms with Crippen molar-refractivity contribution in [3.63, 3.8) is 0 Å². The molecule has 2 rings (SSSR count). The highest BCUT2D eigenvalue weighted by Crippen LogP contribution is 2.31. The number of fused-ring (bicyclic) bond motifs is 1. The van der Waals surface area contributed by atoms with E-state index in [2.05, 4.69) is 37.0 Å². The standard InChI is InChI=1S/C14H18N2S/c1-10(2)9-17-14-11(7-15)8-16-13-6-4-3-5-12(13)14/h3-6,8,10H,7,9,15H2,1-2H3. The van der Waals surface area contributed by atoms with Crippen molar-refractivity contribution >= 4 is 22.7 Å². The van der Waals surface area contributed by atoms with Crippen molar-refractivity contribution < 1.29 is 0 Å². The molecule has 0 unspecified atom stereocenters. The monoisotopic (exact) mass is 246 g/mol. The summed E-state index contributed by atoms with van der Waals surface area (Å²) in [5, 5.41) is 1.22. The molecule has 0 saturated heterocycles. The van der Waals surface area contributed by atoms with Gasteiger partial charge in [0.1, 0.15) is 0 Å². The second-order valence-corrected chi connectivity index (χ2v) is 5.57. The summed E-state index contributed by atoms with van der Waals surface area (Å²) in [7, 11) is 0. The highest BCUT2D eigenvalue weighted by Gasteiger charge is 2.08. The zero-order valence-electron chi connectivity index (χ0n) is 10.3. The van der Waals surface area contributed by atoms with Gasteiger partial charge in [-0.3, -0.25) is 4.98 Å². The van der Waals surface area contributed by atoms with Gasteiger partial charge in [0.2, 0.25) is 0 Å². The Bertz CT molecular complexity index is 509. The summed E-state index contributed by atoms with van der Waals surface area (Å²) >= 11 is 1.89. The average molecular weight is 246 g/mol. The van der Waals surface area contributed by atoms with Gasteiger partial charge < -0.3 is 5.73 Å². The first-order valence-electron chi connectivity index (χ1n) is 5.92. The van der Waals surface area contributed by atoms with Crippen molar-refractivity contribution in [2.45, 2.75) is 25.3 Å². The Hall–Kier alpha value is -1.06. The molecule has 2 N–H and O–H groups in total. The molecule has 0 saturated carbocycles. The third-order valence-corrected chi connectivity index (χ3v) is 4.18. The largest absolute Gasteiger partial charge is 0.326 e. The number of rotatable bonds is 4. The van der Waals surface area contributed by atoms with E-state index in [1.807, 2.05) is 24.0 Å². The van der Waals surface area contributed by atoms with Gasteiger partial charge in [-0.2, -0.15) is 0 Å². The van der Waals surface area contributed by atoms with E-state index in [1.54, 1.807) is 0 Å². The van der Waals surface area contributed by atoms with Gasteiger partial charge in [-0.05, 0) is 17.5 Å². The lowest BCUT2D eigenvalue weighted by Gasteiger charge is -2.12. The number of aromatic nitrogens is 1. The smallest absolute Gasteiger partial charge is 0.0713 e. The Balaban J connectivity index is 2.47. The summed E-state index contributed by atoms with van der Waals surface area (Å²) < 4.78 is 0. The van der Waals surface area contributed by atoms with E-state index in [1.165, 1.54) is 10.3 Å². The maximum Gasteiger partial charge on any atom is 0.0713 e. The molecule has 0 aliphatic carbocycles. The minimum absolute atomic E-state index is 0.554. The van der Waals surface area contributed by atoms with Crippen molar-refractivity contribution in [3.8, 4) is 0 Å². The SMILES string of the molecule is CC(C)CSc1c(CN)cnc2ccccc12. The molecule has 3 heteroatoms. The normalized spacial score (nSPS) is 11.3. The number of para-hydroxylation sites is 1. The van der Waals surface area contributed by atoms with Crippen LogP contribution in [0.4, 0.5) is 0 Å². The highest BCUT2D eigenvalue weighted by atomic mass is 32.2. The Kier molecular flexibility index (Phi) is 4.02. The summed E-state index contributed by atoms with van der Waals surface area (Å²) in [6, 6.07) is 8.26. The first kappa shape index (κ1) is 12.4. The van der Waals surface area contributed by atoms with E-state index in [-0.39, 0.29) is 0 Å². The van der Waals surface area contributed by atoms with Gasteiger partial charge in [0.25, 0.3) is 0 Å². The van der Waals surface area contributed by atoms with E-state index in [0.717, 1.165) is 16.8 Å². The topological polar surface area (TPSA) is 38.9 Å². The van der Waals surface area contributed by atoms with Crippen LogP contribution in [0.25, 0.3) is 10.9 Å². The van der Waals surface area contributed by atoms with E-state index < -0.39 is 0 Å². The fourth-order valence-corrected chi connectivity index (χ4v) is 2.87. The zero-order valence-corrected chi connectivity index (χ0v) is 11.1. The molecular formula is C14H18N2S. The number of hydrogen-bond donors (Lipinski definition) is 1. The number of thioether (sulfide) groups is 1. The number of nitrogens with two attached hydrogens (primary N) is 1. The van der Waals surface area contributed by atoms with Crippen molar-refractivity contribution in [1.29, 1.82) is 0 Å². The minimum atomic E-state index is 0.554. The van der Waals surface area contributed by atoms with Crippen LogP contribution < -0.4 is 5.73 Å². The molecule has 1 heterocycles. The molecular weight excluding hydrogens is 228 g/mol. The molecule has 90 valence electrons. The number of pyridine rings is 1. The Labute approximate surface area is 107 Å². The lowest BCUT2D eigenvalue weighted by molar-refractivity contribution is 0.750. The van der Waals surface area contributed by atoms with Gasteiger partial charge in [0.05, 0.1) is 5.52 Å². The Morgan fingerprint density at radius 1 is 1.29 bits per heavy atom. The lowest BCUT2D eigenvalue weighted by Crippen LogP contribution is -2.01. The molecule has 17 heavy (non-hydrogen) atoms. The van der Waals surface area contributed by atoms with Crippen LogP contribution in [0.5, 0.6) is 0 Å². The van der Waals surface area contributed by atoms with Crippen molar-refractivity contribution in [3.05, 3.63) is 36.0 Å². The van der Waals surface area contributed by atoms with Crippen LogP contribution >= 0.6 is 11.8 Å². The first-order chi connectivity index (χ1) is 8.22.